The number of carbonyl (C=O) groups excluding carboxylic acids is 2. The lowest BCUT2D eigenvalue weighted by atomic mass is 9.95. The maximum absolute atomic E-state index is 14.0. The Morgan fingerprint density at radius 3 is 2.55 bits per heavy atom. The smallest absolute Gasteiger partial charge is 0.266 e. The van der Waals surface area contributed by atoms with Crippen LogP contribution in [0.5, 0.6) is 5.75 Å². The molecule has 1 aromatic heterocycles. The summed E-state index contributed by atoms with van der Waals surface area (Å²) in [6.45, 7) is 11.1. The van der Waals surface area contributed by atoms with Crippen LogP contribution in [0, 0.1) is 12.8 Å². The van der Waals surface area contributed by atoms with Gasteiger partial charge < -0.3 is 24.8 Å². The van der Waals surface area contributed by atoms with Gasteiger partial charge in [-0.15, -0.1) is 12.4 Å². The van der Waals surface area contributed by atoms with Crippen LogP contribution in [-0.4, -0.2) is 82.7 Å². The van der Waals surface area contributed by atoms with Crippen molar-refractivity contribution in [2.24, 2.45) is 5.92 Å². The Labute approximate surface area is 266 Å². The summed E-state index contributed by atoms with van der Waals surface area (Å²) < 4.78 is 6.29. The fourth-order valence-electron chi connectivity index (χ4n) is 6.40. The number of nitrogens with zero attached hydrogens (tertiary/aromatic N) is 4. The topological polar surface area (TPSA) is 93.8 Å². The van der Waals surface area contributed by atoms with Crippen LogP contribution in [0.3, 0.4) is 0 Å². The Morgan fingerprint density at radius 2 is 1.84 bits per heavy atom. The van der Waals surface area contributed by atoms with E-state index in [4.69, 9.17) is 4.74 Å². The van der Waals surface area contributed by atoms with Crippen molar-refractivity contribution < 1.29 is 14.3 Å². The zero-order chi connectivity index (χ0) is 30.0. The van der Waals surface area contributed by atoms with Gasteiger partial charge in [0.2, 0.25) is 5.91 Å². The molecule has 2 saturated heterocycles. The van der Waals surface area contributed by atoms with Crippen LogP contribution in [0.2, 0.25) is 0 Å². The number of benzene rings is 2. The predicted molar refractivity (Wildman–Crippen MR) is 175 cm³/mol. The van der Waals surface area contributed by atoms with Gasteiger partial charge in [-0.05, 0) is 75.3 Å². The second kappa shape index (κ2) is 13.6. The van der Waals surface area contributed by atoms with Crippen LogP contribution >= 0.6 is 12.4 Å². The lowest BCUT2D eigenvalue weighted by Gasteiger charge is -2.37. The third kappa shape index (κ3) is 7.21. The number of piperazine rings is 1. The fraction of sp³-hybridized carbons (Fsp3) is 0.500. The molecule has 1 unspecified atom stereocenters. The summed E-state index contributed by atoms with van der Waals surface area (Å²) in [6.07, 6.45) is 7.76. The normalized spacial score (nSPS) is 18.8. The number of halogens is 1. The van der Waals surface area contributed by atoms with Gasteiger partial charge >= 0.3 is 0 Å². The van der Waals surface area contributed by atoms with Crippen molar-refractivity contribution in [2.45, 2.75) is 64.6 Å². The minimum atomic E-state index is -0.962. The summed E-state index contributed by atoms with van der Waals surface area (Å²) in [4.78, 5) is 33.5. The highest BCUT2D eigenvalue weighted by atomic mass is 35.5. The summed E-state index contributed by atoms with van der Waals surface area (Å²) in [5.74, 6) is 0.902. The Hall–Kier alpha value is -3.56. The number of ether oxygens (including phenoxy) is 1. The van der Waals surface area contributed by atoms with E-state index < -0.39 is 5.60 Å². The molecule has 0 radical (unpaired) electrons. The number of H-pyrrole nitrogens is 1. The van der Waals surface area contributed by atoms with Crippen molar-refractivity contribution in [3.05, 3.63) is 66.0 Å². The number of rotatable bonds is 9. The molecule has 2 aliphatic heterocycles. The highest BCUT2D eigenvalue weighted by Gasteiger charge is 2.38. The summed E-state index contributed by atoms with van der Waals surface area (Å²) >= 11 is 0. The molecule has 1 aliphatic carbocycles. The van der Waals surface area contributed by atoms with E-state index in [2.05, 4.69) is 56.5 Å². The van der Waals surface area contributed by atoms with Crippen molar-refractivity contribution in [2.75, 3.05) is 44.2 Å². The molecular formula is C34H45ClN6O3. The van der Waals surface area contributed by atoms with E-state index in [0.717, 1.165) is 62.1 Å². The third-order valence-electron chi connectivity index (χ3n) is 9.03. The van der Waals surface area contributed by atoms with Crippen LogP contribution < -0.4 is 15.0 Å². The number of carbonyl (C=O) groups is 2. The summed E-state index contributed by atoms with van der Waals surface area (Å²) in [5.41, 5.74) is 4.65. The van der Waals surface area contributed by atoms with Crippen LogP contribution in [0.4, 0.5) is 5.69 Å². The van der Waals surface area contributed by atoms with Crippen LogP contribution in [-0.2, 0) is 16.1 Å². The van der Waals surface area contributed by atoms with Gasteiger partial charge in [-0.3, -0.25) is 14.7 Å². The van der Waals surface area contributed by atoms with E-state index in [0.29, 0.717) is 38.0 Å². The van der Waals surface area contributed by atoms with Gasteiger partial charge in [0.1, 0.15) is 5.75 Å². The van der Waals surface area contributed by atoms with Crippen molar-refractivity contribution in [3.8, 4) is 16.9 Å². The Bertz CT molecular complexity index is 1430. The van der Waals surface area contributed by atoms with E-state index in [9.17, 15) is 9.59 Å². The number of hydrogen-bond donors (Lipinski definition) is 2. The molecule has 3 aromatic rings. The number of hydrogen-bond acceptors (Lipinski definition) is 6. The minimum absolute atomic E-state index is 0. The number of aromatic nitrogens is 2. The molecule has 10 heteroatoms. The standard InChI is InChI=1S/C34H44N6O3.ClH/c1-24-18-25(28-20-36-37-21-28)9-10-26(24)23-40(29-11-12-29)32(41)27-6-5-15-39(22-27)30-7-4-8-31(19-30)43-34(2,3)33(42)38-16-13-35-14-17-38;/h4,7-10,18-21,27,29,35H,5-6,11-17,22-23H2,1-3H3,(H,36,37);1H. The second-order valence-corrected chi connectivity index (χ2v) is 12.8. The first-order valence-corrected chi connectivity index (χ1v) is 15.7. The number of anilines is 1. The van der Waals surface area contributed by atoms with E-state index in [-0.39, 0.29) is 30.1 Å². The van der Waals surface area contributed by atoms with Gasteiger partial charge in [-0.2, -0.15) is 5.10 Å². The van der Waals surface area contributed by atoms with Crippen LogP contribution in [0.25, 0.3) is 11.1 Å². The Kier molecular flexibility index (Phi) is 9.85. The molecule has 1 saturated carbocycles. The average Bonchev–Trinajstić information content (AvgIpc) is 3.72. The van der Waals surface area contributed by atoms with Crippen LogP contribution in [0.15, 0.2) is 54.9 Å². The van der Waals surface area contributed by atoms with Crippen molar-refractivity contribution >= 4 is 29.9 Å². The summed E-state index contributed by atoms with van der Waals surface area (Å²) in [6, 6.07) is 14.8. The van der Waals surface area contributed by atoms with Gasteiger partial charge in [-0.1, -0.05) is 24.3 Å². The first kappa shape index (κ1) is 31.9. The minimum Gasteiger partial charge on any atom is -0.478 e. The largest absolute Gasteiger partial charge is 0.478 e. The molecule has 3 fully saturated rings. The zero-order valence-corrected chi connectivity index (χ0v) is 26.9. The lowest BCUT2D eigenvalue weighted by molar-refractivity contribution is -0.146. The molecule has 2 amide bonds. The molecule has 0 bridgehead atoms. The number of aromatic amines is 1. The monoisotopic (exact) mass is 620 g/mol. The maximum Gasteiger partial charge on any atom is 0.266 e. The SMILES string of the molecule is Cc1cc(-c2cn[nH]c2)ccc1CN(C(=O)C1CCCN(c2cccc(OC(C)(C)C(=O)N3CCNCC3)c2)C1)C1CC1.Cl. The molecule has 44 heavy (non-hydrogen) atoms. The lowest BCUT2D eigenvalue weighted by Crippen LogP contribution is -2.54. The molecular weight excluding hydrogens is 576 g/mol. The fourth-order valence-corrected chi connectivity index (χ4v) is 6.40. The Morgan fingerprint density at radius 1 is 1.05 bits per heavy atom. The van der Waals surface area contributed by atoms with Crippen LogP contribution in [0.1, 0.15) is 50.7 Å². The number of aryl methyl sites for hydroxylation is 1. The zero-order valence-electron chi connectivity index (χ0n) is 26.1. The number of nitrogens with one attached hydrogen (secondary N) is 2. The highest BCUT2D eigenvalue weighted by molar-refractivity contribution is 5.85. The molecule has 2 N–H and O–H groups in total. The van der Waals surface area contributed by atoms with E-state index in [1.807, 2.05) is 49.3 Å². The summed E-state index contributed by atoms with van der Waals surface area (Å²) in [5, 5.41) is 10.2. The molecule has 3 heterocycles. The molecule has 236 valence electrons. The van der Waals surface area contributed by atoms with Crippen molar-refractivity contribution in [3.63, 3.8) is 0 Å². The van der Waals surface area contributed by atoms with Gasteiger partial charge in [0.25, 0.3) is 5.91 Å². The average molecular weight is 621 g/mol. The third-order valence-corrected chi connectivity index (χ3v) is 9.03. The summed E-state index contributed by atoms with van der Waals surface area (Å²) in [7, 11) is 0. The maximum atomic E-state index is 14.0. The highest BCUT2D eigenvalue weighted by Crippen LogP contribution is 2.34. The van der Waals surface area contributed by atoms with Gasteiger partial charge in [0.05, 0.1) is 12.1 Å². The first-order chi connectivity index (χ1) is 20.8. The van der Waals surface area contributed by atoms with Crippen molar-refractivity contribution in [1.82, 2.24) is 25.3 Å². The van der Waals surface area contributed by atoms with Crippen molar-refractivity contribution in [1.29, 1.82) is 0 Å². The number of piperidine rings is 1. The molecule has 6 rings (SSSR count). The van der Waals surface area contributed by atoms with Gasteiger partial charge in [-0.25, -0.2) is 0 Å². The second-order valence-electron chi connectivity index (χ2n) is 12.8. The quantitative estimate of drug-likeness (QED) is 0.357. The first-order valence-electron chi connectivity index (χ1n) is 15.7. The van der Waals surface area contributed by atoms with Gasteiger partial charge in [0, 0.05) is 75.4 Å². The Balaban J connectivity index is 0.00000384. The van der Waals surface area contributed by atoms with Gasteiger partial charge in [0.15, 0.2) is 5.60 Å². The molecule has 1 atom stereocenters. The molecule has 0 spiro atoms. The van der Waals surface area contributed by atoms with E-state index in [1.54, 1.807) is 0 Å². The predicted octanol–water partition coefficient (Wildman–Crippen LogP) is 4.80. The number of amides is 2. The molecule has 3 aliphatic rings. The molecule has 2 aromatic carbocycles. The van der Waals surface area contributed by atoms with E-state index in [1.165, 1.54) is 11.1 Å². The van der Waals surface area contributed by atoms with E-state index >= 15 is 0 Å². The molecule has 9 nitrogen and oxygen atoms in total.